The molecule has 2 bridgehead atoms. The van der Waals surface area contributed by atoms with Crippen molar-refractivity contribution in [3.8, 4) is 0 Å². The van der Waals surface area contributed by atoms with Gasteiger partial charge >= 0.3 is 19.3 Å². The molecule has 5 atom stereocenters. The fourth-order valence-electron chi connectivity index (χ4n) is 4.04. The van der Waals surface area contributed by atoms with Crippen molar-refractivity contribution >= 4 is 13.6 Å². The molecule has 1 saturated carbocycles. The molecule has 1 heterocycles. The summed E-state index contributed by atoms with van der Waals surface area (Å²) in [5, 5.41) is 9.00. The third-order valence-corrected chi connectivity index (χ3v) is 6.34. The third kappa shape index (κ3) is 3.98. The zero-order valence-corrected chi connectivity index (χ0v) is 15.4. The standard InChI is InChI=1S/C16H21N2O8P/c1-8-5-18(16(22)17-13(8)19)6-11-9-2-3-10(4-9)12(11)7-26-15(14(20)21)27(23,24)25/h2-3,5,9-12,15H,4,6-7H2,1H3,(H,20,21)(H,17,19,22)(H2,23,24,25)/t9?,10?,11-,12+,15?/m0/s1. The van der Waals surface area contributed by atoms with Crippen LogP contribution in [0.5, 0.6) is 0 Å². The number of fused-ring (bicyclic) bond motifs is 2. The summed E-state index contributed by atoms with van der Waals surface area (Å²) in [6.07, 6.45) is 6.31. The predicted molar refractivity (Wildman–Crippen MR) is 93.2 cm³/mol. The van der Waals surface area contributed by atoms with Gasteiger partial charge in [0.15, 0.2) is 0 Å². The number of hydrogen-bond donors (Lipinski definition) is 4. The van der Waals surface area contributed by atoms with Crippen molar-refractivity contribution in [3.05, 3.63) is 44.8 Å². The molecular formula is C16H21N2O8P. The Kier molecular flexibility index (Phi) is 5.27. The molecule has 0 amide bonds. The van der Waals surface area contributed by atoms with E-state index in [1.165, 1.54) is 10.8 Å². The second-order valence-corrected chi connectivity index (χ2v) is 8.76. The van der Waals surface area contributed by atoms with Crippen molar-refractivity contribution < 1.29 is 29.0 Å². The van der Waals surface area contributed by atoms with Gasteiger partial charge in [0.1, 0.15) is 0 Å². The van der Waals surface area contributed by atoms with Gasteiger partial charge in [-0.2, -0.15) is 0 Å². The van der Waals surface area contributed by atoms with E-state index in [1.807, 2.05) is 12.2 Å². The van der Waals surface area contributed by atoms with Gasteiger partial charge in [0.05, 0.1) is 6.61 Å². The number of carbonyl (C=O) groups is 1. The Balaban J connectivity index is 1.79. The van der Waals surface area contributed by atoms with Crippen molar-refractivity contribution in [1.82, 2.24) is 9.55 Å². The van der Waals surface area contributed by atoms with Crippen LogP contribution in [0.2, 0.25) is 0 Å². The van der Waals surface area contributed by atoms with Crippen LogP contribution in [0.1, 0.15) is 12.0 Å². The fraction of sp³-hybridized carbons (Fsp3) is 0.562. The van der Waals surface area contributed by atoms with Crippen molar-refractivity contribution in [2.45, 2.75) is 25.7 Å². The Morgan fingerprint density at radius 1 is 1.33 bits per heavy atom. The van der Waals surface area contributed by atoms with Gasteiger partial charge in [0.25, 0.3) is 11.4 Å². The summed E-state index contributed by atoms with van der Waals surface area (Å²) in [4.78, 5) is 55.2. The third-order valence-electron chi connectivity index (χ3n) is 5.36. The van der Waals surface area contributed by atoms with E-state index in [4.69, 9.17) is 19.6 Å². The predicted octanol–water partition coefficient (Wildman–Crippen LogP) is -0.112. The van der Waals surface area contributed by atoms with Crippen LogP contribution < -0.4 is 11.2 Å². The van der Waals surface area contributed by atoms with E-state index in [2.05, 4.69) is 4.98 Å². The molecule has 2 aliphatic carbocycles. The minimum absolute atomic E-state index is 0.0748. The Morgan fingerprint density at radius 3 is 2.56 bits per heavy atom. The monoisotopic (exact) mass is 400 g/mol. The van der Waals surface area contributed by atoms with Crippen LogP contribution in [0.4, 0.5) is 0 Å². The van der Waals surface area contributed by atoms with Crippen LogP contribution in [0, 0.1) is 30.6 Å². The van der Waals surface area contributed by atoms with E-state index in [0.717, 1.165) is 6.42 Å². The first-order valence-corrected chi connectivity index (χ1v) is 10.1. The van der Waals surface area contributed by atoms with E-state index in [-0.39, 0.29) is 30.3 Å². The molecule has 10 nitrogen and oxygen atoms in total. The van der Waals surface area contributed by atoms with Crippen LogP contribution in [-0.4, -0.2) is 42.9 Å². The van der Waals surface area contributed by atoms with Crippen LogP contribution in [-0.2, 0) is 20.6 Å². The molecule has 2 aliphatic rings. The van der Waals surface area contributed by atoms with Crippen LogP contribution in [0.25, 0.3) is 0 Å². The number of nitrogens with one attached hydrogen (secondary N) is 1. The van der Waals surface area contributed by atoms with Crippen molar-refractivity contribution in [2.24, 2.45) is 23.7 Å². The van der Waals surface area contributed by atoms with Crippen molar-refractivity contribution in [2.75, 3.05) is 6.61 Å². The highest BCUT2D eigenvalue weighted by Gasteiger charge is 2.46. The average molecular weight is 400 g/mol. The number of aromatic nitrogens is 2. The summed E-state index contributed by atoms with van der Waals surface area (Å²) in [5.74, 6) is -3.95. The molecule has 1 aromatic rings. The number of allylic oxidation sites excluding steroid dienone is 2. The summed E-state index contributed by atoms with van der Waals surface area (Å²) in [6, 6.07) is 0. The van der Waals surface area contributed by atoms with Crippen LogP contribution in [0.15, 0.2) is 27.9 Å². The number of rotatable bonds is 7. The smallest absolute Gasteiger partial charge is 0.365 e. The number of hydrogen-bond acceptors (Lipinski definition) is 5. The van der Waals surface area contributed by atoms with Crippen molar-refractivity contribution in [1.29, 1.82) is 0 Å². The number of aromatic amines is 1. The van der Waals surface area contributed by atoms with Crippen molar-refractivity contribution in [3.63, 3.8) is 0 Å². The van der Waals surface area contributed by atoms with Gasteiger partial charge in [-0.15, -0.1) is 0 Å². The molecule has 3 unspecified atom stereocenters. The Labute approximate surface area is 153 Å². The number of carboxylic acid groups (broad SMARTS) is 1. The second-order valence-electron chi connectivity index (χ2n) is 7.11. The van der Waals surface area contributed by atoms with E-state index in [1.54, 1.807) is 6.92 Å². The van der Waals surface area contributed by atoms with Crippen LogP contribution >= 0.6 is 7.60 Å². The van der Waals surface area contributed by atoms with Gasteiger partial charge in [-0.3, -0.25) is 14.3 Å². The summed E-state index contributed by atoms with van der Waals surface area (Å²) in [6.45, 7) is 1.74. The molecule has 148 valence electrons. The van der Waals surface area contributed by atoms with Gasteiger partial charge in [-0.1, -0.05) is 12.2 Å². The molecule has 1 fully saturated rings. The van der Waals surface area contributed by atoms with Gasteiger partial charge < -0.3 is 24.2 Å². The first-order valence-electron chi connectivity index (χ1n) is 8.46. The Morgan fingerprint density at radius 2 is 1.96 bits per heavy atom. The van der Waals surface area contributed by atoms with Gasteiger partial charge in [-0.25, -0.2) is 9.59 Å². The zero-order chi connectivity index (χ0) is 19.9. The highest BCUT2D eigenvalue weighted by Crippen LogP contribution is 2.50. The topological polar surface area (TPSA) is 159 Å². The normalized spacial score (nSPS) is 27.8. The number of H-pyrrole nitrogens is 1. The molecule has 0 aliphatic heterocycles. The molecule has 1 aromatic heterocycles. The number of carboxylic acids is 1. The first kappa shape index (κ1) is 19.8. The molecule has 0 spiro atoms. The highest BCUT2D eigenvalue weighted by molar-refractivity contribution is 7.53. The molecule has 27 heavy (non-hydrogen) atoms. The molecular weight excluding hydrogens is 379 g/mol. The summed E-state index contributed by atoms with van der Waals surface area (Å²) in [5.41, 5.74) is -0.584. The lowest BCUT2D eigenvalue weighted by atomic mass is 9.83. The molecule has 3 rings (SSSR count). The van der Waals surface area contributed by atoms with Gasteiger partial charge in [0.2, 0.25) is 0 Å². The first-order chi connectivity index (χ1) is 12.6. The quantitative estimate of drug-likeness (QED) is 0.364. The number of ether oxygens (including phenoxy) is 1. The van der Waals surface area contributed by atoms with E-state index in [0.29, 0.717) is 12.1 Å². The van der Waals surface area contributed by atoms with Crippen LogP contribution in [0.3, 0.4) is 0 Å². The van der Waals surface area contributed by atoms with Gasteiger partial charge in [0, 0.05) is 18.3 Å². The molecule has 4 N–H and O–H groups in total. The van der Waals surface area contributed by atoms with E-state index in [9.17, 15) is 18.9 Å². The molecule has 0 saturated heterocycles. The molecule has 0 aromatic carbocycles. The largest absolute Gasteiger partial charge is 0.479 e. The fourth-order valence-corrected chi connectivity index (χ4v) is 4.61. The number of aryl methyl sites for hydroxylation is 1. The Hall–Kier alpha value is -2.00. The summed E-state index contributed by atoms with van der Waals surface area (Å²) in [7, 11) is -4.95. The summed E-state index contributed by atoms with van der Waals surface area (Å²) < 4.78 is 17.8. The highest BCUT2D eigenvalue weighted by atomic mass is 31.2. The molecule has 11 heteroatoms. The number of aliphatic carboxylic acids is 1. The van der Waals surface area contributed by atoms with E-state index < -0.39 is 30.7 Å². The lowest BCUT2D eigenvalue weighted by Crippen LogP contribution is -2.37. The zero-order valence-electron chi connectivity index (χ0n) is 14.5. The average Bonchev–Trinajstić information content (AvgIpc) is 3.13. The maximum Gasteiger partial charge on any atom is 0.365 e. The van der Waals surface area contributed by atoms with E-state index >= 15 is 0 Å². The molecule has 0 radical (unpaired) electrons. The lowest BCUT2D eigenvalue weighted by molar-refractivity contribution is -0.147. The maximum atomic E-state index is 12.1. The lowest BCUT2D eigenvalue weighted by Gasteiger charge is -2.29. The minimum Gasteiger partial charge on any atom is -0.479 e. The SMILES string of the molecule is Cc1cn(C[C@H]2C3C=CC(C3)[C@H]2COC(C(=O)O)P(=O)(O)O)c(=O)[nH]c1=O. The summed E-state index contributed by atoms with van der Waals surface area (Å²) >= 11 is 0. The minimum atomic E-state index is -4.95. The van der Waals surface area contributed by atoms with Gasteiger partial charge in [-0.05, 0) is 37.0 Å². The Bertz CT molecular complexity index is 929. The second kappa shape index (κ2) is 7.20. The number of nitrogens with zero attached hydrogens (tertiary/aromatic N) is 1. The maximum absolute atomic E-state index is 12.1.